The first-order valence-corrected chi connectivity index (χ1v) is 7.84. The lowest BCUT2D eigenvalue weighted by Gasteiger charge is -2.18. The Hall–Kier alpha value is -1.62. The zero-order chi connectivity index (χ0) is 13.9. The number of nitrogens with one attached hydrogen (secondary N) is 1. The number of anilines is 1. The Balaban J connectivity index is 1.77. The molecule has 1 atom stereocenters. The predicted octanol–water partition coefficient (Wildman–Crippen LogP) is 3.67. The second-order valence-electron chi connectivity index (χ2n) is 5.09. The first-order valence-electron chi connectivity index (χ1n) is 7.03. The van der Waals surface area contributed by atoms with E-state index in [0.29, 0.717) is 12.0 Å². The Morgan fingerprint density at radius 3 is 2.60 bits per heavy atom. The maximum absolute atomic E-state index is 5.22. The quantitative estimate of drug-likeness (QED) is 0.881. The Morgan fingerprint density at radius 2 is 2.05 bits per heavy atom. The Morgan fingerprint density at radius 1 is 1.30 bits per heavy atom. The van der Waals surface area contributed by atoms with Crippen LogP contribution in [0.5, 0.6) is 5.75 Å². The number of hydrogen-bond acceptors (Lipinski definition) is 5. The third kappa shape index (κ3) is 2.93. The van der Waals surface area contributed by atoms with E-state index in [-0.39, 0.29) is 0 Å². The lowest BCUT2D eigenvalue weighted by molar-refractivity contribution is 0.414. The Bertz CT molecular complexity index is 563. The van der Waals surface area contributed by atoms with Crippen molar-refractivity contribution < 1.29 is 4.74 Å². The van der Waals surface area contributed by atoms with E-state index in [0.717, 1.165) is 22.3 Å². The van der Waals surface area contributed by atoms with Crippen LogP contribution in [0.1, 0.15) is 36.4 Å². The normalized spacial score (nSPS) is 15.9. The second-order valence-corrected chi connectivity index (χ2v) is 6.15. The Labute approximate surface area is 123 Å². The average molecular weight is 289 g/mol. The molecule has 1 unspecified atom stereocenters. The van der Waals surface area contributed by atoms with Crippen molar-refractivity contribution in [1.82, 2.24) is 10.2 Å². The largest absolute Gasteiger partial charge is 0.497 e. The molecule has 3 rings (SSSR count). The average Bonchev–Trinajstić information content (AvgIpc) is 3.24. The number of ether oxygens (including phenoxy) is 1. The van der Waals surface area contributed by atoms with E-state index in [1.807, 2.05) is 12.1 Å². The van der Waals surface area contributed by atoms with E-state index >= 15 is 0 Å². The minimum Gasteiger partial charge on any atom is -0.497 e. The molecule has 4 nitrogen and oxygen atoms in total. The van der Waals surface area contributed by atoms with Crippen LogP contribution >= 0.6 is 11.3 Å². The minimum absolute atomic E-state index is 0.332. The molecule has 1 aromatic heterocycles. The van der Waals surface area contributed by atoms with Crippen molar-refractivity contribution in [2.45, 2.75) is 32.2 Å². The van der Waals surface area contributed by atoms with Gasteiger partial charge in [-0.25, -0.2) is 0 Å². The molecule has 1 fully saturated rings. The van der Waals surface area contributed by atoms with Gasteiger partial charge in [0.2, 0.25) is 5.13 Å². The molecule has 20 heavy (non-hydrogen) atoms. The highest BCUT2D eigenvalue weighted by Crippen LogP contribution is 2.43. The molecular weight excluding hydrogens is 270 g/mol. The van der Waals surface area contributed by atoms with Gasteiger partial charge in [0.25, 0.3) is 0 Å². The fraction of sp³-hybridized carbons (Fsp3) is 0.467. The highest BCUT2D eigenvalue weighted by molar-refractivity contribution is 7.15. The number of nitrogens with zero attached hydrogens (tertiary/aromatic N) is 2. The second kappa shape index (κ2) is 5.79. The molecule has 1 aliphatic rings. The first-order chi connectivity index (χ1) is 9.80. The molecule has 0 radical (unpaired) electrons. The zero-order valence-corrected chi connectivity index (χ0v) is 12.6. The highest BCUT2D eigenvalue weighted by Gasteiger charge is 2.33. The summed E-state index contributed by atoms with van der Waals surface area (Å²) >= 11 is 1.65. The van der Waals surface area contributed by atoms with Crippen LogP contribution in [0, 0.1) is 5.92 Å². The molecule has 0 amide bonds. The summed E-state index contributed by atoms with van der Waals surface area (Å²) < 4.78 is 5.22. The fourth-order valence-corrected chi connectivity index (χ4v) is 3.02. The van der Waals surface area contributed by atoms with Crippen molar-refractivity contribution in [3.05, 3.63) is 34.8 Å². The van der Waals surface area contributed by atoms with Gasteiger partial charge in [0.1, 0.15) is 10.8 Å². The van der Waals surface area contributed by atoms with Gasteiger partial charge in [-0.15, -0.1) is 10.2 Å². The molecule has 1 aromatic carbocycles. The molecule has 2 aromatic rings. The molecule has 1 aliphatic carbocycles. The smallest absolute Gasteiger partial charge is 0.206 e. The van der Waals surface area contributed by atoms with Gasteiger partial charge in [-0.1, -0.05) is 30.4 Å². The van der Waals surface area contributed by atoms with Gasteiger partial charge in [-0.2, -0.15) is 0 Å². The van der Waals surface area contributed by atoms with Gasteiger partial charge in [-0.3, -0.25) is 0 Å². The van der Waals surface area contributed by atoms with Crippen LogP contribution in [0.3, 0.4) is 0 Å². The highest BCUT2D eigenvalue weighted by atomic mass is 32.1. The first kappa shape index (κ1) is 13.4. The van der Waals surface area contributed by atoms with Crippen molar-refractivity contribution in [2.75, 3.05) is 12.4 Å². The molecule has 0 saturated heterocycles. The topological polar surface area (TPSA) is 47.0 Å². The maximum atomic E-state index is 5.22. The van der Waals surface area contributed by atoms with E-state index in [1.165, 1.54) is 18.4 Å². The SMILES string of the molecule is CCc1nnc(NC(c2ccc(OC)cc2)C2CC2)s1. The molecule has 1 heterocycles. The summed E-state index contributed by atoms with van der Waals surface area (Å²) in [6.07, 6.45) is 3.50. The van der Waals surface area contributed by atoms with Gasteiger partial charge < -0.3 is 10.1 Å². The third-order valence-electron chi connectivity index (χ3n) is 3.62. The molecule has 0 spiro atoms. The molecule has 5 heteroatoms. The fourth-order valence-electron chi connectivity index (χ4n) is 2.30. The number of aryl methyl sites for hydroxylation is 1. The molecule has 106 valence electrons. The van der Waals surface area contributed by atoms with Crippen LogP contribution in [0.25, 0.3) is 0 Å². The standard InChI is InChI=1S/C15H19N3OS/c1-3-13-17-18-15(20-13)16-14(10-4-5-10)11-6-8-12(19-2)9-7-11/h6-10,14H,3-5H2,1-2H3,(H,16,18). The Kier molecular flexibility index (Phi) is 3.87. The van der Waals surface area contributed by atoms with Gasteiger partial charge in [0.05, 0.1) is 13.2 Å². The summed E-state index contributed by atoms with van der Waals surface area (Å²) in [4.78, 5) is 0. The summed E-state index contributed by atoms with van der Waals surface area (Å²) in [6.45, 7) is 2.10. The third-order valence-corrected chi connectivity index (χ3v) is 4.62. The lowest BCUT2D eigenvalue weighted by atomic mass is 10.0. The molecular formula is C15H19N3OS. The van der Waals surface area contributed by atoms with E-state index in [1.54, 1.807) is 18.4 Å². The van der Waals surface area contributed by atoms with Crippen LogP contribution in [0.4, 0.5) is 5.13 Å². The van der Waals surface area contributed by atoms with Crippen molar-refractivity contribution in [1.29, 1.82) is 0 Å². The van der Waals surface area contributed by atoms with E-state index in [4.69, 9.17) is 4.74 Å². The molecule has 0 bridgehead atoms. The van der Waals surface area contributed by atoms with Crippen LogP contribution in [-0.2, 0) is 6.42 Å². The number of benzene rings is 1. The van der Waals surface area contributed by atoms with Crippen LogP contribution in [0.2, 0.25) is 0 Å². The van der Waals surface area contributed by atoms with Gasteiger partial charge in [0, 0.05) is 0 Å². The van der Waals surface area contributed by atoms with Crippen molar-refractivity contribution in [3.63, 3.8) is 0 Å². The van der Waals surface area contributed by atoms with E-state index in [2.05, 4.69) is 34.6 Å². The summed E-state index contributed by atoms with van der Waals surface area (Å²) in [5.74, 6) is 1.60. The zero-order valence-electron chi connectivity index (χ0n) is 11.8. The number of hydrogen-bond donors (Lipinski definition) is 1. The maximum Gasteiger partial charge on any atom is 0.206 e. The van der Waals surface area contributed by atoms with Crippen molar-refractivity contribution >= 4 is 16.5 Å². The summed E-state index contributed by atoms with van der Waals surface area (Å²) in [5, 5.41) is 14.0. The minimum atomic E-state index is 0.332. The lowest BCUT2D eigenvalue weighted by Crippen LogP contribution is -2.12. The molecule has 1 saturated carbocycles. The molecule has 1 N–H and O–H groups in total. The van der Waals surface area contributed by atoms with Crippen LogP contribution < -0.4 is 10.1 Å². The number of aromatic nitrogens is 2. The molecule has 0 aliphatic heterocycles. The van der Waals surface area contributed by atoms with Crippen molar-refractivity contribution in [3.8, 4) is 5.75 Å². The van der Waals surface area contributed by atoms with Crippen LogP contribution in [-0.4, -0.2) is 17.3 Å². The summed E-state index contributed by atoms with van der Waals surface area (Å²) in [7, 11) is 1.69. The van der Waals surface area contributed by atoms with Crippen molar-refractivity contribution in [2.24, 2.45) is 5.92 Å². The monoisotopic (exact) mass is 289 g/mol. The number of rotatable bonds is 6. The summed E-state index contributed by atoms with van der Waals surface area (Å²) in [6, 6.07) is 8.64. The van der Waals surface area contributed by atoms with Gasteiger partial charge in [0.15, 0.2) is 0 Å². The van der Waals surface area contributed by atoms with E-state index < -0.39 is 0 Å². The van der Waals surface area contributed by atoms with E-state index in [9.17, 15) is 0 Å². The number of methoxy groups -OCH3 is 1. The predicted molar refractivity (Wildman–Crippen MR) is 81.4 cm³/mol. The summed E-state index contributed by atoms with van der Waals surface area (Å²) in [5.41, 5.74) is 1.29. The van der Waals surface area contributed by atoms with Gasteiger partial charge >= 0.3 is 0 Å². The van der Waals surface area contributed by atoms with Gasteiger partial charge in [-0.05, 0) is 42.9 Å². The van der Waals surface area contributed by atoms with Crippen LogP contribution in [0.15, 0.2) is 24.3 Å².